The van der Waals surface area contributed by atoms with Gasteiger partial charge in [-0.25, -0.2) is 0 Å². The van der Waals surface area contributed by atoms with E-state index in [-0.39, 0.29) is 0 Å². The first-order chi connectivity index (χ1) is 13.2. The molecular weight excluding hydrogens is 376 g/mol. The number of hydrogen-bond acceptors (Lipinski definition) is 2. The van der Waals surface area contributed by atoms with E-state index in [1.807, 2.05) is 0 Å². The molecule has 0 N–H and O–H groups in total. The average Bonchev–Trinajstić information content (AvgIpc) is 2.66. The smallest absolute Gasteiger partial charge is 0.187 e. The summed E-state index contributed by atoms with van der Waals surface area (Å²) in [5.74, 6) is 0. The van der Waals surface area contributed by atoms with Crippen molar-refractivity contribution in [2.24, 2.45) is 0 Å². The summed E-state index contributed by atoms with van der Waals surface area (Å²) in [7, 11) is -3.01. The van der Waals surface area contributed by atoms with Gasteiger partial charge in [-0.15, -0.1) is 0 Å². The molecule has 2 aromatic carbocycles. The van der Waals surface area contributed by atoms with E-state index in [9.17, 15) is 0 Å². The summed E-state index contributed by atoms with van der Waals surface area (Å²) in [6.45, 7) is 15.1. The van der Waals surface area contributed by atoms with Crippen molar-refractivity contribution in [3.63, 3.8) is 0 Å². The zero-order valence-corrected chi connectivity index (χ0v) is 20.7. The lowest BCUT2D eigenvalue weighted by atomic mass is 10.0. The van der Waals surface area contributed by atoms with Crippen molar-refractivity contribution in [2.45, 2.75) is 65.0 Å². The van der Waals surface area contributed by atoms with E-state index in [2.05, 4.69) is 88.6 Å². The molecule has 0 saturated carbocycles. The highest BCUT2D eigenvalue weighted by Gasteiger charge is 2.22. The van der Waals surface area contributed by atoms with Crippen molar-refractivity contribution in [3.05, 3.63) is 59.7 Å². The van der Waals surface area contributed by atoms with Gasteiger partial charge in [0.15, 0.2) is 16.6 Å². The summed E-state index contributed by atoms with van der Waals surface area (Å²) in [5.41, 5.74) is 5.40. The second-order valence-corrected chi connectivity index (χ2v) is 17.4. The van der Waals surface area contributed by atoms with Gasteiger partial charge in [0.05, 0.1) is 0 Å². The predicted molar refractivity (Wildman–Crippen MR) is 127 cm³/mol. The monoisotopic (exact) mass is 414 g/mol. The topological polar surface area (TPSA) is 18.5 Å². The van der Waals surface area contributed by atoms with E-state index in [1.165, 1.54) is 34.3 Å². The molecule has 0 aliphatic rings. The fourth-order valence-corrected chi connectivity index (χ4v) is 7.18. The van der Waals surface area contributed by atoms with Gasteiger partial charge in [-0.05, 0) is 87.2 Å². The first kappa shape index (κ1) is 23.1. The zero-order valence-electron chi connectivity index (χ0n) is 18.7. The van der Waals surface area contributed by atoms with Gasteiger partial charge in [0, 0.05) is 13.2 Å². The van der Waals surface area contributed by atoms with Crippen LogP contribution in [0.25, 0.3) is 11.1 Å². The van der Waals surface area contributed by atoms with Crippen molar-refractivity contribution in [1.29, 1.82) is 0 Å². The molecule has 0 aliphatic heterocycles. The molecule has 0 bridgehead atoms. The number of rotatable bonds is 11. The lowest BCUT2D eigenvalue weighted by Gasteiger charge is -2.22. The van der Waals surface area contributed by atoms with Gasteiger partial charge >= 0.3 is 0 Å². The molecule has 0 unspecified atom stereocenters. The second kappa shape index (κ2) is 10.5. The molecule has 154 valence electrons. The van der Waals surface area contributed by atoms with Crippen LogP contribution in [0.3, 0.4) is 0 Å². The molecule has 2 rings (SSSR count). The van der Waals surface area contributed by atoms with Crippen molar-refractivity contribution < 1.29 is 8.85 Å². The van der Waals surface area contributed by atoms with E-state index in [4.69, 9.17) is 8.85 Å². The molecule has 2 aromatic rings. The minimum absolute atomic E-state index is 0.833. The minimum Gasteiger partial charge on any atom is -0.418 e. The van der Waals surface area contributed by atoms with Crippen LogP contribution in [0.4, 0.5) is 0 Å². The molecule has 0 aromatic heterocycles. The molecule has 0 amide bonds. The third kappa shape index (κ3) is 7.66. The third-order valence-corrected chi connectivity index (χ3v) is 10.4. The van der Waals surface area contributed by atoms with E-state index in [0.717, 1.165) is 26.1 Å². The minimum atomic E-state index is -1.50. The Morgan fingerprint density at radius 1 is 0.571 bits per heavy atom. The van der Waals surface area contributed by atoms with Crippen LogP contribution in [-0.2, 0) is 21.7 Å². The first-order valence-electron chi connectivity index (χ1n) is 10.7. The maximum atomic E-state index is 5.94. The first-order valence-corrected chi connectivity index (χ1v) is 16.9. The van der Waals surface area contributed by atoms with Gasteiger partial charge in [0.1, 0.15) is 0 Å². The van der Waals surface area contributed by atoms with E-state index in [1.54, 1.807) is 0 Å². The van der Waals surface area contributed by atoms with Crippen molar-refractivity contribution >= 4 is 16.6 Å². The maximum absolute atomic E-state index is 5.94. The Hall–Kier alpha value is -1.21. The standard InChI is InChI=1S/C24H38O2Si2/c1-7-25-27(3,4)19-17-21-9-13-23(14-10-21)24-15-11-22(12-16-24)18-20-28(5,6)26-8-2/h9-16H,7-8,17-20H2,1-6H3. The molecule has 0 radical (unpaired) electrons. The fraction of sp³-hybridized carbons (Fsp3) is 0.500. The fourth-order valence-electron chi connectivity index (χ4n) is 3.54. The van der Waals surface area contributed by atoms with Gasteiger partial charge in [0.25, 0.3) is 0 Å². The van der Waals surface area contributed by atoms with Crippen LogP contribution in [0.5, 0.6) is 0 Å². The van der Waals surface area contributed by atoms with Crippen molar-refractivity contribution in [3.8, 4) is 11.1 Å². The highest BCUT2D eigenvalue weighted by Crippen LogP contribution is 2.23. The SMILES string of the molecule is CCO[Si](C)(C)CCc1ccc(-c2ccc(CC[Si](C)(C)OCC)cc2)cc1. The van der Waals surface area contributed by atoms with Crippen LogP contribution in [-0.4, -0.2) is 29.8 Å². The molecule has 0 atom stereocenters. The maximum Gasteiger partial charge on any atom is 0.187 e. The lowest BCUT2D eigenvalue weighted by molar-refractivity contribution is 0.328. The van der Waals surface area contributed by atoms with Gasteiger partial charge in [-0.3, -0.25) is 0 Å². The summed E-state index contributed by atoms with van der Waals surface area (Å²) in [4.78, 5) is 0. The zero-order chi connectivity index (χ0) is 20.6. The van der Waals surface area contributed by atoms with E-state index in [0.29, 0.717) is 0 Å². The highest BCUT2D eigenvalue weighted by molar-refractivity contribution is 6.71. The molecule has 2 nitrogen and oxygen atoms in total. The van der Waals surface area contributed by atoms with Gasteiger partial charge in [0.2, 0.25) is 0 Å². The van der Waals surface area contributed by atoms with Crippen LogP contribution < -0.4 is 0 Å². The lowest BCUT2D eigenvalue weighted by Crippen LogP contribution is -2.30. The Labute approximate surface area is 174 Å². The van der Waals surface area contributed by atoms with E-state index < -0.39 is 16.6 Å². The van der Waals surface area contributed by atoms with Crippen molar-refractivity contribution in [1.82, 2.24) is 0 Å². The Balaban J connectivity index is 1.93. The molecule has 0 fully saturated rings. The summed E-state index contributed by atoms with van der Waals surface area (Å²) in [5, 5.41) is 0. The Morgan fingerprint density at radius 2 is 0.893 bits per heavy atom. The summed E-state index contributed by atoms with van der Waals surface area (Å²) in [6, 6.07) is 20.5. The third-order valence-electron chi connectivity index (χ3n) is 5.34. The Morgan fingerprint density at radius 3 is 1.18 bits per heavy atom. The van der Waals surface area contributed by atoms with Gasteiger partial charge in [-0.1, -0.05) is 48.5 Å². The number of aryl methyl sites for hydroxylation is 2. The molecule has 0 spiro atoms. The molecule has 0 heterocycles. The van der Waals surface area contributed by atoms with Crippen LogP contribution >= 0.6 is 0 Å². The highest BCUT2D eigenvalue weighted by atomic mass is 28.4. The van der Waals surface area contributed by atoms with E-state index >= 15 is 0 Å². The molecule has 4 heteroatoms. The number of benzene rings is 2. The largest absolute Gasteiger partial charge is 0.418 e. The Bertz CT molecular complexity index is 643. The molecule has 0 saturated heterocycles. The second-order valence-electron chi connectivity index (χ2n) is 8.78. The number of hydrogen-bond donors (Lipinski definition) is 0. The predicted octanol–water partition coefficient (Wildman–Crippen LogP) is 6.92. The normalized spacial score (nSPS) is 12.4. The summed E-state index contributed by atoms with van der Waals surface area (Å²) >= 11 is 0. The summed E-state index contributed by atoms with van der Waals surface area (Å²) < 4.78 is 11.9. The van der Waals surface area contributed by atoms with Gasteiger partial charge in [-0.2, -0.15) is 0 Å². The Kier molecular flexibility index (Phi) is 8.68. The van der Waals surface area contributed by atoms with Crippen LogP contribution in [0, 0.1) is 0 Å². The average molecular weight is 415 g/mol. The van der Waals surface area contributed by atoms with Crippen LogP contribution in [0.2, 0.25) is 38.3 Å². The van der Waals surface area contributed by atoms with Gasteiger partial charge < -0.3 is 8.85 Å². The molecule has 0 aliphatic carbocycles. The molecular formula is C24H38O2Si2. The van der Waals surface area contributed by atoms with Crippen LogP contribution in [0.15, 0.2) is 48.5 Å². The van der Waals surface area contributed by atoms with Crippen LogP contribution in [0.1, 0.15) is 25.0 Å². The van der Waals surface area contributed by atoms with Crippen molar-refractivity contribution in [2.75, 3.05) is 13.2 Å². The summed E-state index contributed by atoms with van der Waals surface area (Å²) in [6.07, 6.45) is 2.22. The quantitative estimate of drug-likeness (QED) is 0.371. The molecule has 28 heavy (non-hydrogen) atoms.